The molecule has 0 bridgehead atoms. The van der Waals surface area contributed by atoms with E-state index in [2.05, 4.69) is 183 Å². The highest BCUT2D eigenvalue weighted by Crippen LogP contribution is 2.56. The maximum Gasteiger partial charge on any atom is 0.0523 e. The van der Waals surface area contributed by atoms with E-state index in [1.54, 1.807) is 0 Å². The van der Waals surface area contributed by atoms with Gasteiger partial charge >= 0.3 is 0 Å². The van der Waals surface area contributed by atoms with E-state index < -0.39 is 0 Å². The summed E-state index contributed by atoms with van der Waals surface area (Å²) in [5.74, 6) is 0. The third-order valence-electron chi connectivity index (χ3n) is 10.7. The fourth-order valence-corrected chi connectivity index (χ4v) is 8.30. The summed E-state index contributed by atoms with van der Waals surface area (Å²) >= 11 is 0. The van der Waals surface area contributed by atoms with Gasteiger partial charge in [-0.3, -0.25) is 0 Å². The van der Waals surface area contributed by atoms with Gasteiger partial charge in [0.1, 0.15) is 0 Å². The molecule has 0 fully saturated rings. The average Bonchev–Trinajstić information content (AvgIpc) is 3.34. The molecule has 7 aromatic rings. The molecule has 0 radical (unpaired) electrons. The maximum absolute atomic E-state index is 2.49. The molecule has 2 aliphatic rings. The van der Waals surface area contributed by atoms with Gasteiger partial charge in [0.25, 0.3) is 0 Å². The van der Waals surface area contributed by atoms with Gasteiger partial charge in [0.15, 0.2) is 0 Å². The Morgan fingerprint density at radius 1 is 0.391 bits per heavy atom. The molecular formula is C43H37N3. The molecule has 6 aromatic carbocycles. The predicted molar refractivity (Wildman–Crippen MR) is 194 cm³/mol. The van der Waals surface area contributed by atoms with Crippen LogP contribution in [0.1, 0.15) is 49.9 Å². The van der Waals surface area contributed by atoms with E-state index in [4.69, 9.17) is 0 Å². The second kappa shape index (κ2) is 9.37. The van der Waals surface area contributed by atoms with Crippen molar-refractivity contribution in [3.63, 3.8) is 0 Å². The first-order chi connectivity index (χ1) is 22.3. The molecule has 1 aromatic heterocycles. The van der Waals surface area contributed by atoms with E-state index in [-0.39, 0.29) is 10.8 Å². The summed E-state index contributed by atoms with van der Waals surface area (Å²) in [6.45, 7) is 9.51. The Morgan fingerprint density at radius 2 is 0.761 bits per heavy atom. The minimum absolute atomic E-state index is 0.163. The number of aryl methyl sites for hydroxylation is 1. The number of benzene rings is 6. The minimum atomic E-state index is -0.163. The molecule has 3 nitrogen and oxygen atoms in total. The Labute approximate surface area is 271 Å². The number of rotatable bonds is 2. The number of nitrogens with zero attached hydrogens (tertiary/aromatic N) is 3. The molecule has 0 aliphatic carbocycles. The number of aromatic nitrogens is 1. The van der Waals surface area contributed by atoms with Crippen LogP contribution in [0.5, 0.6) is 0 Å². The lowest BCUT2D eigenvalue weighted by atomic mass is 9.72. The zero-order valence-corrected chi connectivity index (χ0v) is 27.0. The lowest BCUT2D eigenvalue weighted by Crippen LogP contribution is -2.30. The molecule has 46 heavy (non-hydrogen) atoms. The van der Waals surface area contributed by atoms with Crippen molar-refractivity contribution in [1.29, 1.82) is 0 Å². The number of fused-ring (bicyclic) bond motifs is 7. The van der Waals surface area contributed by atoms with Crippen LogP contribution in [0, 0.1) is 0 Å². The van der Waals surface area contributed by atoms with E-state index in [1.165, 1.54) is 78.2 Å². The van der Waals surface area contributed by atoms with Gasteiger partial charge in [0.2, 0.25) is 0 Å². The summed E-state index contributed by atoms with van der Waals surface area (Å²) in [6.07, 6.45) is 0. The Hall–Kier alpha value is -5.28. The van der Waals surface area contributed by atoms with Crippen LogP contribution >= 0.6 is 0 Å². The normalized spacial score (nSPS) is 15.8. The van der Waals surface area contributed by atoms with Crippen molar-refractivity contribution in [3.8, 4) is 0 Å². The zero-order valence-electron chi connectivity index (χ0n) is 27.0. The van der Waals surface area contributed by atoms with Gasteiger partial charge in [-0.15, -0.1) is 0 Å². The van der Waals surface area contributed by atoms with Crippen molar-refractivity contribution in [1.82, 2.24) is 4.57 Å². The third-order valence-corrected chi connectivity index (χ3v) is 10.7. The van der Waals surface area contributed by atoms with E-state index in [0.29, 0.717) is 0 Å². The van der Waals surface area contributed by atoms with Crippen molar-refractivity contribution < 1.29 is 0 Å². The smallest absolute Gasteiger partial charge is 0.0523 e. The molecule has 224 valence electrons. The predicted octanol–water partition coefficient (Wildman–Crippen LogP) is 11.5. The Bertz CT molecular complexity index is 2160. The van der Waals surface area contributed by atoms with Crippen LogP contribution in [-0.2, 0) is 17.9 Å². The van der Waals surface area contributed by atoms with Gasteiger partial charge in [-0.05, 0) is 82.9 Å². The number of anilines is 6. The van der Waals surface area contributed by atoms with Crippen LogP contribution < -0.4 is 9.80 Å². The summed E-state index contributed by atoms with van der Waals surface area (Å²) in [5.41, 5.74) is 14.9. The largest absolute Gasteiger partial charge is 0.343 e. The molecular weight excluding hydrogens is 558 g/mol. The molecule has 9 rings (SSSR count). The zero-order chi connectivity index (χ0) is 31.4. The molecule has 0 unspecified atom stereocenters. The van der Waals surface area contributed by atoms with Gasteiger partial charge in [-0.25, -0.2) is 0 Å². The molecule has 0 amide bonds. The van der Waals surface area contributed by atoms with Crippen molar-refractivity contribution in [2.75, 3.05) is 9.80 Å². The molecule has 0 spiro atoms. The summed E-state index contributed by atoms with van der Waals surface area (Å²) < 4.78 is 2.40. The second-order valence-corrected chi connectivity index (χ2v) is 14.0. The number of hydrogen-bond acceptors (Lipinski definition) is 2. The van der Waals surface area contributed by atoms with Crippen LogP contribution in [0.3, 0.4) is 0 Å². The van der Waals surface area contributed by atoms with Gasteiger partial charge in [-0.2, -0.15) is 0 Å². The summed E-state index contributed by atoms with van der Waals surface area (Å²) in [7, 11) is 2.23. The van der Waals surface area contributed by atoms with Crippen LogP contribution in [0.2, 0.25) is 0 Å². The quantitative estimate of drug-likeness (QED) is 0.197. The van der Waals surface area contributed by atoms with E-state index in [1.807, 2.05) is 0 Å². The van der Waals surface area contributed by atoms with Gasteiger partial charge in [0.05, 0.1) is 33.8 Å². The van der Waals surface area contributed by atoms with Crippen LogP contribution in [0.15, 0.2) is 133 Å². The lowest BCUT2D eigenvalue weighted by Gasteiger charge is -2.42. The molecule has 2 aliphatic heterocycles. The molecule has 3 heterocycles. The first-order valence-electron chi connectivity index (χ1n) is 16.3. The van der Waals surface area contributed by atoms with Gasteiger partial charge in [-0.1, -0.05) is 100 Å². The van der Waals surface area contributed by atoms with Crippen LogP contribution in [0.25, 0.3) is 21.8 Å². The first kappa shape index (κ1) is 27.1. The van der Waals surface area contributed by atoms with Crippen molar-refractivity contribution in [2.45, 2.75) is 38.5 Å². The van der Waals surface area contributed by atoms with Crippen molar-refractivity contribution >= 4 is 55.9 Å². The highest BCUT2D eigenvalue weighted by molar-refractivity contribution is 6.12. The fourth-order valence-electron chi connectivity index (χ4n) is 8.30. The minimum Gasteiger partial charge on any atom is -0.343 e. The van der Waals surface area contributed by atoms with Crippen molar-refractivity contribution in [3.05, 3.63) is 156 Å². The van der Waals surface area contributed by atoms with E-state index in [9.17, 15) is 0 Å². The topological polar surface area (TPSA) is 11.4 Å². The standard InChI is InChI=1S/C43H37N3/c1-42(2)32-20-12-14-22-36(32)45(28-16-8-6-9-17-28)40-26-38-30(24-34(40)42)31-25-35-41(27-39(31)44(38)5)46(29-18-10-7-11-19-29)37-23-15-13-21-33(37)43(35,3)4/h6-27H,1-5H3. The van der Waals surface area contributed by atoms with Crippen LogP contribution in [0.4, 0.5) is 34.1 Å². The second-order valence-electron chi connectivity index (χ2n) is 14.0. The monoisotopic (exact) mass is 595 g/mol. The average molecular weight is 596 g/mol. The molecule has 0 atom stereocenters. The molecule has 0 saturated heterocycles. The van der Waals surface area contributed by atoms with E-state index in [0.717, 1.165) is 0 Å². The lowest BCUT2D eigenvalue weighted by molar-refractivity contribution is 0.632. The fraction of sp³-hybridized carbons (Fsp3) is 0.163. The molecule has 3 heteroatoms. The van der Waals surface area contributed by atoms with Gasteiger partial charge < -0.3 is 14.4 Å². The summed E-state index contributed by atoms with van der Waals surface area (Å²) in [4.78, 5) is 4.91. The van der Waals surface area contributed by atoms with Crippen molar-refractivity contribution in [2.24, 2.45) is 7.05 Å². The highest BCUT2D eigenvalue weighted by atomic mass is 15.2. The SMILES string of the molecule is Cn1c2cc3c(cc2c2cc4c(cc21)N(c1ccccc1)c1ccccc1C4(C)C)C(C)(C)c1ccccc1N3c1ccccc1. The Morgan fingerprint density at radius 3 is 1.17 bits per heavy atom. The number of hydrogen-bond donors (Lipinski definition) is 0. The number of para-hydroxylation sites is 4. The van der Waals surface area contributed by atoms with E-state index >= 15 is 0 Å². The highest BCUT2D eigenvalue weighted by Gasteiger charge is 2.39. The Kier molecular flexibility index (Phi) is 5.51. The first-order valence-corrected chi connectivity index (χ1v) is 16.3. The molecule has 0 N–H and O–H groups in total. The Balaban J connectivity index is 1.36. The molecule has 0 saturated carbocycles. The van der Waals surface area contributed by atoms with Gasteiger partial charge in [0, 0.05) is 40.0 Å². The van der Waals surface area contributed by atoms with Crippen LogP contribution in [-0.4, -0.2) is 4.57 Å². The summed E-state index contributed by atoms with van der Waals surface area (Å²) in [5, 5.41) is 2.61. The maximum atomic E-state index is 2.49. The third kappa shape index (κ3) is 3.54. The summed E-state index contributed by atoms with van der Waals surface area (Å²) in [6, 6.07) is 49.3.